The zero-order valence-electron chi connectivity index (χ0n) is 26.5. The minimum atomic E-state index is -0.724. The second-order valence-electron chi connectivity index (χ2n) is 13.7. The third kappa shape index (κ3) is 6.41. The summed E-state index contributed by atoms with van der Waals surface area (Å²) in [5.41, 5.74) is 10.4. The molecule has 46 heavy (non-hydrogen) atoms. The normalized spacial score (nSPS) is 26.1. The lowest BCUT2D eigenvalue weighted by Gasteiger charge is -2.51. The third-order valence-corrected chi connectivity index (χ3v) is 12.0. The molecule has 7 heterocycles. The number of piperidine rings is 4. The lowest BCUT2D eigenvalue weighted by atomic mass is 9.83. The first kappa shape index (κ1) is 31.5. The number of carbonyl (C=O) groups excluding carboxylic acids is 3. The Morgan fingerprint density at radius 3 is 2.43 bits per heavy atom. The number of rotatable bonds is 6. The summed E-state index contributed by atoms with van der Waals surface area (Å²) in [6, 6.07) is 3.35. The van der Waals surface area contributed by atoms with Gasteiger partial charge < -0.3 is 36.0 Å². The van der Waals surface area contributed by atoms with Crippen molar-refractivity contribution in [3.05, 3.63) is 44.6 Å². The van der Waals surface area contributed by atoms with E-state index in [0.29, 0.717) is 68.7 Å². The molecule has 1 unspecified atom stereocenters. The van der Waals surface area contributed by atoms with Gasteiger partial charge in [-0.25, -0.2) is 9.59 Å². The summed E-state index contributed by atoms with van der Waals surface area (Å²) in [4.78, 5) is 51.3. The number of urea groups is 2. The van der Waals surface area contributed by atoms with Gasteiger partial charge in [-0.15, -0.1) is 11.3 Å². The van der Waals surface area contributed by atoms with E-state index in [1.807, 2.05) is 28.2 Å². The average molecular weight is 669 g/mol. The molecule has 1 aromatic heterocycles. The van der Waals surface area contributed by atoms with Crippen molar-refractivity contribution in [2.45, 2.75) is 63.7 Å². The highest BCUT2D eigenvalue weighted by Crippen LogP contribution is 2.32. The standard InChI is InChI=1S/C33H45ClN8O3S/c1-21-14-22(15-26(34)30(21)35)16-27(31(43)40-12-10-39(11-13-40)29-18-38-6-2-23(29)3-7-38)36-32(44)41-8-4-25(5-9-41)42-17-24-19-46-20-28(24)37-33(42)45/h14-15,19-20,23,25,27,29H,2-13,16-18,35H2,1H3,(H,36,44)(H,37,45)/t27-,29?/m1/s1. The van der Waals surface area contributed by atoms with E-state index in [0.717, 1.165) is 47.9 Å². The van der Waals surface area contributed by atoms with Crippen LogP contribution in [-0.4, -0.2) is 119 Å². The van der Waals surface area contributed by atoms with Crippen LogP contribution in [0, 0.1) is 12.8 Å². The summed E-state index contributed by atoms with van der Waals surface area (Å²) in [5, 5.41) is 10.6. The van der Waals surface area contributed by atoms with Crippen LogP contribution in [0.4, 0.5) is 21.0 Å². The van der Waals surface area contributed by atoms with Crippen molar-refractivity contribution in [3.63, 3.8) is 0 Å². The van der Waals surface area contributed by atoms with Crippen LogP contribution in [0.25, 0.3) is 0 Å². The number of thiophene rings is 1. The Morgan fingerprint density at radius 1 is 1.02 bits per heavy atom. The molecule has 6 aliphatic rings. The fourth-order valence-electron chi connectivity index (χ4n) is 8.14. The fourth-order valence-corrected chi connectivity index (χ4v) is 9.21. The molecule has 11 nitrogen and oxygen atoms in total. The number of nitrogens with one attached hydrogen (secondary N) is 2. The van der Waals surface area contributed by atoms with E-state index in [4.69, 9.17) is 17.3 Å². The number of hydrogen-bond acceptors (Lipinski definition) is 7. The minimum absolute atomic E-state index is 0.0565. The maximum Gasteiger partial charge on any atom is 0.322 e. The number of fused-ring (bicyclic) bond motifs is 4. The molecule has 248 valence electrons. The van der Waals surface area contributed by atoms with Gasteiger partial charge in [-0.05, 0) is 74.2 Å². The number of carbonyl (C=O) groups is 3. The van der Waals surface area contributed by atoms with Crippen LogP contribution in [-0.2, 0) is 17.8 Å². The highest BCUT2D eigenvalue weighted by atomic mass is 35.5. The van der Waals surface area contributed by atoms with Crippen LogP contribution < -0.4 is 16.4 Å². The van der Waals surface area contributed by atoms with Crippen LogP contribution in [0.5, 0.6) is 0 Å². The smallest absolute Gasteiger partial charge is 0.322 e. The van der Waals surface area contributed by atoms with Crippen molar-refractivity contribution >= 4 is 52.3 Å². The van der Waals surface area contributed by atoms with E-state index < -0.39 is 6.04 Å². The molecule has 2 aromatic rings. The predicted molar refractivity (Wildman–Crippen MR) is 181 cm³/mol. The number of nitrogens with two attached hydrogens (primary N) is 1. The Hall–Kier alpha value is -3.06. The van der Waals surface area contributed by atoms with E-state index in [2.05, 4.69) is 25.8 Å². The van der Waals surface area contributed by atoms with E-state index >= 15 is 0 Å². The second-order valence-corrected chi connectivity index (χ2v) is 14.8. The molecule has 13 heteroatoms. The molecule has 0 spiro atoms. The van der Waals surface area contributed by atoms with Crippen LogP contribution in [0.1, 0.15) is 42.4 Å². The molecule has 6 aliphatic heterocycles. The predicted octanol–water partition coefficient (Wildman–Crippen LogP) is 3.66. The molecule has 1 aromatic carbocycles. The molecule has 2 atom stereocenters. The minimum Gasteiger partial charge on any atom is -0.397 e. The zero-order valence-corrected chi connectivity index (χ0v) is 28.1. The summed E-state index contributed by atoms with van der Waals surface area (Å²) in [6.07, 6.45) is 4.26. The molecule has 4 N–H and O–H groups in total. The zero-order chi connectivity index (χ0) is 31.9. The topological polar surface area (TPSA) is 117 Å². The van der Waals surface area contributed by atoms with Gasteiger partial charge >= 0.3 is 12.1 Å². The number of halogens is 1. The Bertz CT molecular complexity index is 1440. The first-order valence-corrected chi connectivity index (χ1v) is 18.0. The van der Waals surface area contributed by atoms with Gasteiger partial charge in [0, 0.05) is 75.3 Å². The highest BCUT2D eigenvalue weighted by molar-refractivity contribution is 7.08. The van der Waals surface area contributed by atoms with Crippen molar-refractivity contribution in [3.8, 4) is 0 Å². The van der Waals surface area contributed by atoms with Gasteiger partial charge in [-0.3, -0.25) is 9.69 Å². The molecule has 8 rings (SSSR count). The van der Waals surface area contributed by atoms with Crippen LogP contribution in [0.3, 0.4) is 0 Å². The van der Waals surface area contributed by atoms with Gasteiger partial charge in [0.15, 0.2) is 0 Å². The largest absolute Gasteiger partial charge is 0.397 e. The Morgan fingerprint density at radius 2 is 1.76 bits per heavy atom. The number of nitrogens with zero attached hydrogens (tertiary/aromatic N) is 5. The van der Waals surface area contributed by atoms with Gasteiger partial charge in [0.1, 0.15) is 6.04 Å². The third-order valence-electron chi connectivity index (χ3n) is 10.9. The van der Waals surface area contributed by atoms with Gasteiger partial charge in [-0.2, -0.15) is 0 Å². The van der Waals surface area contributed by atoms with Crippen LogP contribution in [0.2, 0.25) is 5.02 Å². The quantitative estimate of drug-likeness (QED) is 0.405. The first-order valence-electron chi connectivity index (χ1n) is 16.7. The maximum absolute atomic E-state index is 14.1. The number of anilines is 2. The van der Waals surface area contributed by atoms with E-state index in [1.54, 1.807) is 22.3 Å². The molecular weight excluding hydrogens is 624 g/mol. The molecule has 0 radical (unpaired) electrons. The lowest BCUT2D eigenvalue weighted by Crippen LogP contribution is -2.63. The molecule has 2 bridgehead atoms. The van der Waals surface area contributed by atoms with Gasteiger partial charge in [0.25, 0.3) is 0 Å². The van der Waals surface area contributed by atoms with Gasteiger partial charge in [0.2, 0.25) is 5.91 Å². The number of aryl methyl sites for hydroxylation is 1. The van der Waals surface area contributed by atoms with Crippen molar-refractivity contribution in [1.82, 2.24) is 29.8 Å². The summed E-state index contributed by atoms with van der Waals surface area (Å²) in [6.45, 7) is 10.1. The summed E-state index contributed by atoms with van der Waals surface area (Å²) in [5.74, 6) is 0.707. The summed E-state index contributed by atoms with van der Waals surface area (Å²) >= 11 is 8.02. The molecule has 5 amide bonds. The number of nitrogen functional groups attached to an aromatic ring is 1. The fraction of sp³-hybridized carbons (Fsp3) is 0.606. The van der Waals surface area contributed by atoms with Gasteiger partial charge in [0.05, 0.1) is 22.9 Å². The summed E-state index contributed by atoms with van der Waals surface area (Å²) in [7, 11) is 0. The molecule has 0 aliphatic carbocycles. The first-order chi connectivity index (χ1) is 22.2. The number of benzene rings is 1. The van der Waals surface area contributed by atoms with Gasteiger partial charge in [-0.1, -0.05) is 17.7 Å². The Balaban J connectivity index is 0.994. The number of hydrogen-bond donors (Lipinski definition) is 3. The summed E-state index contributed by atoms with van der Waals surface area (Å²) < 4.78 is 0. The molecular formula is C33H45ClN8O3S. The van der Waals surface area contributed by atoms with Crippen molar-refractivity contribution in [1.29, 1.82) is 0 Å². The second kappa shape index (κ2) is 13.2. The Kier molecular flexibility index (Phi) is 9.06. The van der Waals surface area contributed by atoms with E-state index in [9.17, 15) is 14.4 Å². The number of likely N-dealkylation sites (tertiary alicyclic amines) is 1. The monoisotopic (exact) mass is 668 g/mol. The number of piperazine rings is 1. The SMILES string of the molecule is Cc1cc(C[C@@H](NC(=O)N2CCC(N3Cc4cscc4NC3=O)CC2)C(=O)N2CCN(C3CN4CCC3CC4)CC2)cc(Cl)c1N. The highest BCUT2D eigenvalue weighted by Gasteiger charge is 2.40. The maximum atomic E-state index is 14.1. The van der Waals surface area contributed by atoms with Crippen molar-refractivity contribution < 1.29 is 14.4 Å². The van der Waals surface area contributed by atoms with Crippen LogP contribution in [0.15, 0.2) is 22.9 Å². The van der Waals surface area contributed by atoms with E-state index in [1.165, 1.54) is 25.9 Å². The Labute approximate surface area is 280 Å². The van der Waals surface area contributed by atoms with E-state index in [-0.39, 0.29) is 24.0 Å². The molecule has 5 saturated heterocycles. The molecule has 0 saturated carbocycles. The average Bonchev–Trinajstić information content (AvgIpc) is 3.54. The van der Waals surface area contributed by atoms with Crippen molar-refractivity contribution in [2.75, 3.05) is 70.0 Å². The van der Waals surface area contributed by atoms with Crippen molar-refractivity contribution in [2.24, 2.45) is 5.92 Å². The van der Waals surface area contributed by atoms with Crippen LogP contribution >= 0.6 is 22.9 Å². The number of amides is 5. The molecule has 5 fully saturated rings. The lowest BCUT2D eigenvalue weighted by molar-refractivity contribution is -0.136.